The van der Waals surface area contributed by atoms with Crippen molar-refractivity contribution in [3.05, 3.63) is 23.3 Å². The van der Waals surface area contributed by atoms with E-state index in [0.717, 1.165) is 18.5 Å². The fraction of sp³-hybridized carbons (Fsp3) is 0.462. The number of ether oxygens (including phenoxy) is 2. The van der Waals surface area contributed by atoms with E-state index in [2.05, 4.69) is 11.4 Å². The minimum atomic E-state index is 0.321. The van der Waals surface area contributed by atoms with Crippen LogP contribution in [0.2, 0.25) is 0 Å². The van der Waals surface area contributed by atoms with Crippen molar-refractivity contribution in [2.24, 2.45) is 0 Å². The zero-order valence-electron chi connectivity index (χ0n) is 10.1. The Balaban J connectivity index is 2.45. The predicted octanol–water partition coefficient (Wildman–Crippen LogP) is 2.00. The van der Waals surface area contributed by atoms with E-state index in [-0.39, 0.29) is 0 Å². The molecule has 1 aliphatic rings. The van der Waals surface area contributed by atoms with Gasteiger partial charge in [-0.3, -0.25) is 0 Å². The summed E-state index contributed by atoms with van der Waals surface area (Å²) in [6.07, 6.45) is 2.27. The first-order valence-corrected chi connectivity index (χ1v) is 5.69. The molecule has 0 radical (unpaired) electrons. The van der Waals surface area contributed by atoms with Gasteiger partial charge in [-0.05, 0) is 37.1 Å². The Kier molecular flexibility index (Phi) is 3.50. The highest BCUT2D eigenvalue weighted by Crippen LogP contribution is 2.35. The SMILES string of the molecule is COc1cc(C2CCCN2)cc(C#N)c1OC. The standard InChI is InChI=1S/C13H16N2O2/c1-16-12-7-9(11-4-3-5-15-11)6-10(8-14)13(12)17-2/h6-7,11,15H,3-5H2,1-2H3. The number of nitriles is 1. The summed E-state index contributed by atoms with van der Waals surface area (Å²) < 4.78 is 10.5. The summed E-state index contributed by atoms with van der Waals surface area (Å²) in [5.41, 5.74) is 1.62. The fourth-order valence-corrected chi connectivity index (χ4v) is 2.24. The third kappa shape index (κ3) is 2.20. The van der Waals surface area contributed by atoms with Crippen LogP contribution in [0.4, 0.5) is 0 Å². The topological polar surface area (TPSA) is 54.3 Å². The Bertz CT molecular complexity index is 445. The summed E-state index contributed by atoms with van der Waals surface area (Å²) in [5.74, 6) is 1.13. The van der Waals surface area contributed by atoms with Crippen molar-refractivity contribution in [2.45, 2.75) is 18.9 Å². The average molecular weight is 232 g/mol. The van der Waals surface area contributed by atoms with Crippen molar-refractivity contribution in [1.82, 2.24) is 5.32 Å². The number of rotatable bonds is 3. The maximum absolute atomic E-state index is 9.13. The Morgan fingerprint density at radius 1 is 1.35 bits per heavy atom. The highest BCUT2D eigenvalue weighted by atomic mass is 16.5. The number of nitrogens with one attached hydrogen (secondary N) is 1. The molecule has 1 N–H and O–H groups in total. The van der Waals surface area contributed by atoms with Gasteiger partial charge in [0.05, 0.1) is 19.8 Å². The smallest absolute Gasteiger partial charge is 0.178 e. The Morgan fingerprint density at radius 3 is 2.71 bits per heavy atom. The van der Waals surface area contributed by atoms with Crippen LogP contribution < -0.4 is 14.8 Å². The van der Waals surface area contributed by atoms with Crippen molar-refractivity contribution in [2.75, 3.05) is 20.8 Å². The molecule has 1 aliphatic heterocycles. The lowest BCUT2D eigenvalue weighted by Crippen LogP contribution is -2.13. The lowest BCUT2D eigenvalue weighted by molar-refractivity contribution is 0.353. The highest BCUT2D eigenvalue weighted by molar-refractivity contribution is 5.55. The van der Waals surface area contributed by atoms with Gasteiger partial charge in [-0.1, -0.05) is 0 Å². The molecule has 1 saturated heterocycles. The molecule has 17 heavy (non-hydrogen) atoms. The molecule has 1 heterocycles. The minimum Gasteiger partial charge on any atom is -0.493 e. The maximum Gasteiger partial charge on any atom is 0.178 e. The lowest BCUT2D eigenvalue weighted by Gasteiger charge is -2.15. The molecule has 1 fully saturated rings. The molecule has 0 aromatic heterocycles. The summed E-state index contributed by atoms with van der Waals surface area (Å²) in [7, 11) is 3.14. The molecule has 1 aromatic carbocycles. The van der Waals surface area contributed by atoms with E-state index < -0.39 is 0 Å². The molecule has 1 aromatic rings. The molecule has 4 heteroatoms. The van der Waals surface area contributed by atoms with Gasteiger partial charge in [0.2, 0.25) is 0 Å². The van der Waals surface area contributed by atoms with E-state index in [0.29, 0.717) is 23.1 Å². The first kappa shape index (κ1) is 11.7. The van der Waals surface area contributed by atoms with Gasteiger partial charge >= 0.3 is 0 Å². The maximum atomic E-state index is 9.13. The van der Waals surface area contributed by atoms with Crippen molar-refractivity contribution < 1.29 is 9.47 Å². The molecular formula is C13H16N2O2. The Labute approximate surface area is 101 Å². The van der Waals surface area contributed by atoms with Gasteiger partial charge in [0, 0.05) is 6.04 Å². The molecule has 0 aliphatic carbocycles. The van der Waals surface area contributed by atoms with E-state index in [1.54, 1.807) is 14.2 Å². The van der Waals surface area contributed by atoms with Gasteiger partial charge in [-0.2, -0.15) is 5.26 Å². The number of hydrogen-bond donors (Lipinski definition) is 1. The van der Waals surface area contributed by atoms with E-state index in [9.17, 15) is 0 Å². The molecule has 0 saturated carbocycles. The quantitative estimate of drug-likeness (QED) is 0.866. The summed E-state index contributed by atoms with van der Waals surface area (Å²) in [5, 5.41) is 12.5. The summed E-state index contributed by atoms with van der Waals surface area (Å²) in [6.45, 7) is 1.03. The lowest BCUT2D eigenvalue weighted by atomic mass is 10.0. The Hall–Kier alpha value is -1.73. The zero-order chi connectivity index (χ0) is 12.3. The van der Waals surface area contributed by atoms with E-state index in [1.807, 2.05) is 12.1 Å². The van der Waals surface area contributed by atoms with Crippen LogP contribution in [0, 0.1) is 11.3 Å². The third-order valence-electron chi connectivity index (χ3n) is 3.08. The monoisotopic (exact) mass is 232 g/mol. The largest absolute Gasteiger partial charge is 0.493 e. The molecule has 0 spiro atoms. The molecule has 90 valence electrons. The van der Waals surface area contributed by atoms with Gasteiger partial charge in [0.15, 0.2) is 11.5 Å². The second-order valence-electron chi connectivity index (χ2n) is 4.06. The number of methoxy groups -OCH3 is 2. The van der Waals surface area contributed by atoms with Crippen LogP contribution in [0.1, 0.15) is 30.0 Å². The number of benzene rings is 1. The van der Waals surface area contributed by atoms with Gasteiger partial charge in [-0.15, -0.1) is 0 Å². The molecular weight excluding hydrogens is 216 g/mol. The first-order valence-electron chi connectivity index (χ1n) is 5.69. The van der Waals surface area contributed by atoms with Crippen LogP contribution in [-0.4, -0.2) is 20.8 Å². The molecule has 1 atom stereocenters. The van der Waals surface area contributed by atoms with Gasteiger partial charge in [0.1, 0.15) is 6.07 Å². The molecule has 0 bridgehead atoms. The van der Waals surface area contributed by atoms with E-state index in [4.69, 9.17) is 14.7 Å². The highest BCUT2D eigenvalue weighted by Gasteiger charge is 2.20. The molecule has 1 unspecified atom stereocenters. The molecule has 0 amide bonds. The van der Waals surface area contributed by atoms with Gasteiger partial charge in [-0.25, -0.2) is 0 Å². The van der Waals surface area contributed by atoms with Crippen LogP contribution in [0.25, 0.3) is 0 Å². The van der Waals surface area contributed by atoms with E-state index in [1.165, 1.54) is 6.42 Å². The van der Waals surface area contributed by atoms with Crippen LogP contribution in [0.3, 0.4) is 0 Å². The van der Waals surface area contributed by atoms with Crippen molar-refractivity contribution in [3.8, 4) is 17.6 Å². The van der Waals surface area contributed by atoms with Crippen LogP contribution in [0.5, 0.6) is 11.5 Å². The number of nitrogens with zero attached hydrogens (tertiary/aromatic N) is 1. The van der Waals surface area contributed by atoms with Crippen LogP contribution in [0.15, 0.2) is 12.1 Å². The zero-order valence-corrected chi connectivity index (χ0v) is 10.1. The second kappa shape index (κ2) is 5.07. The average Bonchev–Trinajstić information content (AvgIpc) is 2.90. The van der Waals surface area contributed by atoms with Crippen LogP contribution in [-0.2, 0) is 0 Å². The number of hydrogen-bond acceptors (Lipinski definition) is 4. The first-order chi connectivity index (χ1) is 8.30. The third-order valence-corrected chi connectivity index (χ3v) is 3.08. The summed E-state index contributed by atoms with van der Waals surface area (Å²) >= 11 is 0. The normalized spacial score (nSPS) is 18.8. The van der Waals surface area contributed by atoms with Crippen LogP contribution >= 0.6 is 0 Å². The summed E-state index contributed by atoms with van der Waals surface area (Å²) in [6, 6.07) is 6.30. The van der Waals surface area contributed by atoms with Crippen molar-refractivity contribution in [1.29, 1.82) is 5.26 Å². The molecule has 4 nitrogen and oxygen atoms in total. The van der Waals surface area contributed by atoms with Crippen molar-refractivity contribution in [3.63, 3.8) is 0 Å². The van der Waals surface area contributed by atoms with Gasteiger partial charge in [0.25, 0.3) is 0 Å². The molecule has 2 rings (SSSR count). The second-order valence-corrected chi connectivity index (χ2v) is 4.06. The Morgan fingerprint density at radius 2 is 2.18 bits per heavy atom. The van der Waals surface area contributed by atoms with Crippen molar-refractivity contribution >= 4 is 0 Å². The van der Waals surface area contributed by atoms with E-state index >= 15 is 0 Å². The summed E-state index contributed by atoms with van der Waals surface area (Å²) in [4.78, 5) is 0. The van der Waals surface area contributed by atoms with Gasteiger partial charge < -0.3 is 14.8 Å². The fourth-order valence-electron chi connectivity index (χ4n) is 2.24. The minimum absolute atomic E-state index is 0.321. The predicted molar refractivity (Wildman–Crippen MR) is 64.2 cm³/mol.